The van der Waals surface area contributed by atoms with Crippen molar-refractivity contribution in [1.29, 1.82) is 0 Å². The van der Waals surface area contributed by atoms with Crippen LogP contribution < -0.4 is 0 Å². The molecule has 0 atom stereocenters. The summed E-state index contributed by atoms with van der Waals surface area (Å²) in [7, 11) is 0. The van der Waals surface area contributed by atoms with Crippen LogP contribution >= 0.6 is 11.3 Å². The summed E-state index contributed by atoms with van der Waals surface area (Å²) < 4.78 is 23.1. The number of nitrogens with zero attached hydrogens (tertiary/aromatic N) is 1. The molecular formula is C4H2F2NS. The van der Waals surface area contributed by atoms with Gasteiger partial charge in [0.2, 0.25) is 0 Å². The van der Waals surface area contributed by atoms with E-state index >= 15 is 0 Å². The summed E-state index contributed by atoms with van der Waals surface area (Å²) in [6.07, 6.45) is -1.27. The van der Waals surface area contributed by atoms with Crippen molar-refractivity contribution in [2.75, 3.05) is 0 Å². The van der Waals surface area contributed by atoms with Crippen molar-refractivity contribution in [1.82, 2.24) is 4.98 Å². The van der Waals surface area contributed by atoms with Crippen LogP contribution in [0.3, 0.4) is 0 Å². The molecule has 0 N–H and O–H groups in total. The minimum Gasteiger partial charge on any atom is -0.241 e. The van der Waals surface area contributed by atoms with Crippen molar-refractivity contribution in [3.8, 4) is 0 Å². The van der Waals surface area contributed by atoms with Gasteiger partial charge in [-0.2, -0.15) is 0 Å². The lowest BCUT2D eigenvalue weighted by Crippen LogP contribution is -1.72. The number of hydrogen-bond acceptors (Lipinski definition) is 2. The summed E-state index contributed by atoms with van der Waals surface area (Å²) >= 11 is 0.845. The summed E-state index contributed by atoms with van der Waals surface area (Å²) in [5.74, 6) is 0. The highest BCUT2D eigenvalue weighted by molar-refractivity contribution is 7.09. The smallest absolute Gasteiger partial charge is 0.241 e. The first-order valence-corrected chi connectivity index (χ1v) is 2.72. The first-order valence-electron chi connectivity index (χ1n) is 1.90. The Bertz CT molecular complexity index is 149. The van der Waals surface area contributed by atoms with Gasteiger partial charge >= 0.3 is 0 Å². The molecule has 0 amide bonds. The lowest BCUT2D eigenvalue weighted by molar-refractivity contribution is 0.155. The van der Waals surface area contributed by atoms with Crippen molar-refractivity contribution >= 4 is 11.3 Å². The Morgan fingerprint density at radius 2 is 2.50 bits per heavy atom. The molecule has 0 saturated heterocycles. The van der Waals surface area contributed by atoms with Gasteiger partial charge in [0.15, 0.2) is 5.51 Å². The van der Waals surface area contributed by atoms with Crippen LogP contribution in [0, 0.1) is 5.51 Å². The number of aromatic nitrogens is 1. The molecule has 8 heavy (non-hydrogen) atoms. The molecule has 0 unspecified atom stereocenters. The summed E-state index contributed by atoms with van der Waals surface area (Å²) in [4.78, 5) is 3.33. The Hall–Kier alpha value is -0.510. The van der Waals surface area contributed by atoms with E-state index in [-0.39, 0.29) is 4.88 Å². The van der Waals surface area contributed by atoms with Gasteiger partial charge in [-0.05, 0) is 0 Å². The molecule has 0 aliphatic carbocycles. The number of rotatable bonds is 1. The normalized spacial score (nSPS) is 10.4. The fraction of sp³-hybridized carbons (Fsp3) is 0.250. The first kappa shape index (κ1) is 5.62. The highest BCUT2D eigenvalue weighted by Crippen LogP contribution is 2.20. The van der Waals surface area contributed by atoms with E-state index in [0.717, 1.165) is 17.5 Å². The molecule has 4 heteroatoms. The van der Waals surface area contributed by atoms with Crippen LogP contribution in [0.25, 0.3) is 0 Å². The predicted molar refractivity (Wildman–Crippen MR) is 25.9 cm³/mol. The molecule has 1 aromatic rings. The second kappa shape index (κ2) is 2.17. The van der Waals surface area contributed by atoms with Gasteiger partial charge in [0.1, 0.15) is 0 Å². The Morgan fingerprint density at radius 3 is 2.75 bits per heavy atom. The molecule has 1 nitrogen and oxygen atoms in total. The monoisotopic (exact) mass is 134 g/mol. The lowest BCUT2D eigenvalue weighted by Gasteiger charge is -1.85. The molecule has 0 fully saturated rings. The quantitative estimate of drug-likeness (QED) is 0.571. The van der Waals surface area contributed by atoms with Crippen molar-refractivity contribution in [2.24, 2.45) is 0 Å². The molecule has 43 valence electrons. The highest BCUT2D eigenvalue weighted by atomic mass is 32.1. The van der Waals surface area contributed by atoms with E-state index in [1.165, 1.54) is 0 Å². The number of halogens is 2. The van der Waals surface area contributed by atoms with Gasteiger partial charge in [-0.3, -0.25) is 0 Å². The Balaban J connectivity index is 2.77. The fourth-order valence-corrected chi connectivity index (χ4v) is 0.702. The lowest BCUT2D eigenvalue weighted by atomic mass is 10.6. The molecule has 0 bridgehead atoms. The van der Waals surface area contributed by atoms with E-state index < -0.39 is 6.43 Å². The third kappa shape index (κ3) is 1.01. The molecule has 1 rings (SSSR count). The van der Waals surface area contributed by atoms with Crippen LogP contribution in [-0.2, 0) is 0 Å². The topological polar surface area (TPSA) is 12.9 Å². The zero-order valence-electron chi connectivity index (χ0n) is 3.77. The van der Waals surface area contributed by atoms with E-state index in [0.29, 0.717) is 0 Å². The maximum absolute atomic E-state index is 11.6. The van der Waals surface area contributed by atoms with Gasteiger partial charge in [0, 0.05) is 6.20 Å². The van der Waals surface area contributed by atoms with Gasteiger partial charge in [0.25, 0.3) is 6.43 Å². The van der Waals surface area contributed by atoms with Crippen LogP contribution in [0.1, 0.15) is 11.3 Å². The van der Waals surface area contributed by atoms with Gasteiger partial charge in [-0.1, -0.05) is 0 Å². The molecule has 0 saturated carbocycles. The van der Waals surface area contributed by atoms with E-state index in [1.807, 2.05) is 0 Å². The highest BCUT2D eigenvalue weighted by Gasteiger charge is 2.06. The maximum Gasteiger partial charge on any atom is 0.274 e. The van der Waals surface area contributed by atoms with E-state index in [9.17, 15) is 8.78 Å². The van der Waals surface area contributed by atoms with Crippen molar-refractivity contribution in [2.45, 2.75) is 6.43 Å². The summed E-state index contributed by atoms with van der Waals surface area (Å²) in [5.41, 5.74) is 2.32. The SMILES string of the molecule is FC(F)c1cn[c]s1. The zero-order chi connectivity index (χ0) is 5.98. The Kier molecular flexibility index (Phi) is 1.53. The number of thiazole rings is 1. The molecule has 1 heterocycles. The predicted octanol–water partition coefficient (Wildman–Crippen LogP) is 1.88. The number of hydrogen-bond donors (Lipinski definition) is 0. The van der Waals surface area contributed by atoms with Crippen molar-refractivity contribution < 1.29 is 8.78 Å². The van der Waals surface area contributed by atoms with Crippen LogP contribution in [0.5, 0.6) is 0 Å². The third-order valence-corrected chi connectivity index (χ3v) is 1.34. The minimum absolute atomic E-state index is 0.0231. The minimum atomic E-state index is -2.39. The molecule has 1 aromatic heterocycles. The van der Waals surface area contributed by atoms with Crippen LogP contribution in [0.4, 0.5) is 8.78 Å². The second-order valence-corrected chi connectivity index (χ2v) is 2.01. The second-order valence-electron chi connectivity index (χ2n) is 1.15. The van der Waals surface area contributed by atoms with Gasteiger partial charge < -0.3 is 0 Å². The molecular weight excluding hydrogens is 132 g/mol. The van der Waals surface area contributed by atoms with Gasteiger partial charge in [-0.15, -0.1) is 11.3 Å². The molecule has 0 aromatic carbocycles. The standard InChI is InChI=1S/C4H2F2NS/c5-4(6)3-1-7-2-8-3/h1,4H. The van der Waals surface area contributed by atoms with Gasteiger partial charge in [-0.25, -0.2) is 13.8 Å². The largest absolute Gasteiger partial charge is 0.274 e. The van der Waals surface area contributed by atoms with Crippen LogP contribution in [-0.4, -0.2) is 4.98 Å². The van der Waals surface area contributed by atoms with E-state index in [2.05, 4.69) is 10.5 Å². The Labute approximate surface area is 49.0 Å². The van der Waals surface area contributed by atoms with Crippen molar-refractivity contribution in [3.05, 3.63) is 16.6 Å². The summed E-state index contributed by atoms with van der Waals surface area (Å²) in [6.45, 7) is 0. The van der Waals surface area contributed by atoms with E-state index in [1.54, 1.807) is 0 Å². The Morgan fingerprint density at radius 1 is 1.75 bits per heavy atom. The van der Waals surface area contributed by atoms with Crippen LogP contribution in [0.2, 0.25) is 0 Å². The zero-order valence-corrected chi connectivity index (χ0v) is 4.58. The molecule has 1 radical (unpaired) electrons. The molecule has 0 aliphatic heterocycles. The average molecular weight is 134 g/mol. The van der Waals surface area contributed by atoms with E-state index in [4.69, 9.17) is 0 Å². The van der Waals surface area contributed by atoms with Crippen LogP contribution in [0.15, 0.2) is 6.20 Å². The third-order valence-electron chi connectivity index (χ3n) is 0.623. The average Bonchev–Trinajstić information content (AvgIpc) is 2.12. The molecule has 0 aliphatic rings. The summed E-state index contributed by atoms with van der Waals surface area (Å²) in [5, 5.41) is 0. The molecule has 0 spiro atoms. The van der Waals surface area contributed by atoms with Crippen molar-refractivity contribution in [3.63, 3.8) is 0 Å². The van der Waals surface area contributed by atoms with Gasteiger partial charge in [0.05, 0.1) is 4.88 Å². The maximum atomic E-state index is 11.6. The first-order chi connectivity index (χ1) is 3.80. The summed E-state index contributed by atoms with van der Waals surface area (Å²) in [6, 6.07) is 0. The fourth-order valence-electron chi connectivity index (χ4n) is 0.296. The number of alkyl halides is 2.